The van der Waals surface area contributed by atoms with Gasteiger partial charge in [-0.1, -0.05) is 109 Å². The van der Waals surface area contributed by atoms with Crippen molar-refractivity contribution in [2.45, 2.75) is 0 Å². The van der Waals surface area contributed by atoms with Crippen LogP contribution in [0.3, 0.4) is 0 Å². The summed E-state index contributed by atoms with van der Waals surface area (Å²) in [6.07, 6.45) is 0. The van der Waals surface area contributed by atoms with Gasteiger partial charge in [-0.3, -0.25) is 0 Å². The van der Waals surface area contributed by atoms with Gasteiger partial charge in [-0.25, -0.2) is 15.0 Å². The lowest BCUT2D eigenvalue weighted by molar-refractivity contribution is 1.07. The Morgan fingerprint density at radius 1 is 0.426 bits per heavy atom. The van der Waals surface area contributed by atoms with E-state index >= 15 is 0 Å². The van der Waals surface area contributed by atoms with Crippen LogP contribution in [0.5, 0.6) is 0 Å². The van der Waals surface area contributed by atoms with E-state index in [-0.39, 0.29) is 0 Å². The molecule has 0 saturated carbocycles. The number of nitrogens with zero attached hydrogens (tertiary/aromatic N) is 7. The zero-order valence-electron chi connectivity index (χ0n) is 28.7. The molecule has 0 spiro atoms. The molecule has 0 fully saturated rings. The molecule has 10 aromatic rings. The van der Waals surface area contributed by atoms with Crippen LogP contribution in [0.15, 0.2) is 164 Å². The van der Waals surface area contributed by atoms with Gasteiger partial charge in [0, 0.05) is 43.9 Å². The average molecular weight is 690 g/mol. The summed E-state index contributed by atoms with van der Waals surface area (Å²) in [7, 11) is 0. The minimum Gasteiger partial charge on any atom is -0.309 e. The number of hydrogen-bond donors (Lipinski definition) is 0. The van der Waals surface area contributed by atoms with Crippen molar-refractivity contribution in [2.75, 3.05) is 0 Å². The number of para-hydroxylation sites is 2. The van der Waals surface area contributed by atoms with Gasteiger partial charge in [0.15, 0.2) is 17.5 Å². The smallest absolute Gasteiger partial charge is 0.164 e. The summed E-state index contributed by atoms with van der Waals surface area (Å²) in [5.74, 6) is 1.60. The van der Waals surface area contributed by atoms with E-state index in [1.807, 2.05) is 115 Å². The lowest BCUT2D eigenvalue weighted by Crippen LogP contribution is -2.02. The van der Waals surface area contributed by atoms with Gasteiger partial charge in [-0.2, -0.15) is 10.5 Å². The van der Waals surface area contributed by atoms with Crippen molar-refractivity contribution in [3.05, 3.63) is 175 Å². The highest BCUT2D eigenvalue weighted by molar-refractivity contribution is 6.26. The normalized spacial score (nSPS) is 11.3. The number of fused-ring (bicyclic) bond motifs is 7. The maximum atomic E-state index is 10.8. The molecule has 0 unspecified atom stereocenters. The number of benzene rings is 7. The zero-order chi connectivity index (χ0) is 36.2. The Morgan fingerprint density at radius 2 is 1.04 bits per heavy atom. The third kappa shape index (κ3) is 4.85. The third-order valence-electron chi connectivity index (χ3n) is 10.0. The summed E-state index contributed by atoms with van der Waals surface area (Å²) in [6, 6.07) is 59.1. The van der Waals surface area contributed by atoms with Crippen LogP contribution < -0.4 is 0 Å². The SMILES string of the molecule is N#Cc1cccc(-n2c3ccccc3c3c2ccc2c4ccccc4n(-c4ccc(-c5nc(-c6ccccc6)nc(-c6ccccc6)n5)cc4C#N)c23)c1. The van der Waals surface area contributed by atoms with Crippen LogP contribution >= 0.6 is 0 Å². The van der Waals surface area contributed by atoms with Gasteiger partial charge >= 0.3 is 0 Å². The maximum absolute atomic E-state index is 10.8. The Hall–Kier alpha value is -7.87. The van der Waals surface area contributed by atoms with Crippen molar-refractivity contribution in [1.29, 1.82) is 10.5 Å². The number of hydrogen-bond acceptors (Lipinski definition) is 5. The van der Waals surface area contributed by atoms with Crippen LogP contribution in [0.2, 0.25) is 0 Å². The molecule has 250 valence electrons. The first-order chi connectivity index (χ1) is 26.7. The van der Waals surface area contributed by atoms with E-state index in [4.69, 9.17) is 15.0 Å². The molecule has 10 rings (SSSR count). The lowest BCUT2D eigenvalue weighted by Gasteiger charge is -2.13. The van der Waals surface area contributed by atoms with Crippen molar-refractivity contribution < 1.29 is 0 Å². The highest BCUT2D eigenvalue weighted by Gasteiger charge is 2.22. The standard InChI is InChI=1S/C47H27N7/c48-28-30-12-11-17-35(26-30)53-41-21-10-8-19-38(41)43-42(53)25-23-37-36-18-7-9-20-40(36)54(44(37)43)39-24-22-33(27-34(39)29-49)47-51-45(31-13-3-1-4-14-31)50-46(52-47)32-15-5-2-6-16-32/h1-27H. The molecular formula is C47H27N7. The molecule has 0 aliphatic heterocycles. The first kappa shape index (κ1) is 30.9. The second kappa shape index (κ2) is 12.4. The van der Waals surface area contributed by atoms with E-state index in [2.05, 4.69) is 69.8 Å². The quantitative estimate of drug-likeness (QED) is 0.179. The minimum atomic E-state index is 0.484. The fourth-order valence-corrected chi connectivity index (χ4v) is 7.65. The summed E-state index contributed by atoms with van der Waals surface area (Å²) < 4.78 is 4.44. The van der Waals surface area contributed by atoms with Gasteiger partial charge in [-0.05, 0) is 54.6 Å². The van der Waals surface area contributed by atoms with Crippen LogP contribution in [-0.4, -0.2) is 24.1 Å². The summed E-state index contributed by atoms with van der Waals surface area (Å²) in [5, 5.41) is 24.9. The number of aromatic nitrogens is 5. The predicted octanol–water partition coefficient (Wildman–Crippen LogP) is 10.8. The van der Waals surface area contributed by atoms with E-state index in [0.717, 1.165) is 66.1 Å². The Bertz CT molecular complexity index is 3120. The second-order valence-corrected chi connectivity index (χ2v) is 13.1. The first-order valence-electron chi connectivity index (χ1n) is 17.6. The number of rotatable bonds is 5. The van der Waals surface area contributed by atoms with E-state index < -0.39 is 0 Å². The van der Waals surface area contributed by atoms with Crippen LogP contribution in [0.25, 0.3) is 89.2 Å². The van der Waals surface area contributed by atoms with E-state index in [1.165, 1.54) is 0 Å². The van der Waals surface area contributed by atoms with E-state index in [9.17, 15) is 10.5 Å². The molecule has 7 nitrogen and oxygen atoms in total. The van der Waals surface area contributed by atoms with Crippen LogP contribution in [-0.2, 0) is 0 Å². The summed E-state index contributed by atoms with van der Waals surface area (Å²) in [6.45, 7) is 0. The molecule has 7 heteroatoms. The molecule has 0 atom stereocenters. The zero-order valence-corrected chi connectivity index (χ0v) is 28.7. The van der Waals surface area contributed by atoms with Crippen LogP contribution in [0.4, 0.5) is 0 Å². The van der Waals surface area contributed by atoms with Crippen molar-refractivity contribution in [3.63, 3.8) is 0 Å². The van der Waals surface area contributed by atoms with Gasteiger partial charge in [0.2, 0.25) is 0 Å². The van der Waals surface area contributed by atoms with Gasteiger partial charge in [0.1, 0.15) is 6.07 Å². The Labute approximate surface area is 309 Å². The minimum absolute atomic E-state index is 0.484. The molecule has 7 aromatic carbocycles. The Balaban J connectivity index is 1.24. The maximum Gasteiger partial charge on any atom is 0.164 e. The van der Waals surface area contributed by atoms with E-state index in [0.29, 0.717) is 34.2 Å². The van der Waals surface area contributed by atoms with Crippen LogP contribution in [0, 0.1) is 22.7 Å². The monoisotopic (exact) mass is 689 g/mol. The molecule has 54 heavy (non-hydrogen) atoms. The van der Waals surface area contributed by atoms with Crippen molar-refractivity contribution >= 4 is 43.6 Å². The number of nitriles is 2. The van der Waals surface area contributed by atoms with E-state index in [1.54, 1.807) is 0 Å². The van der Waals surface area contributed by atoms with Crippen molar-refractivity contribution in [3.8, 4) is 57.7 Å². The molecule has 0 aliphatic rings. The van der Waals surface area contributed by atoms with Crippen LogP contribution in [0.1, 0.15) is 11.1 Å². The van der Waals surface area contributed by atoms with Gasteiger partial charge in [0.05, 0.1) is 45.0 Å². The van der Waals surface area contributed by atoms with Crippen molar-refractivity contribution in [1.82, 2.24) is 24.1 Å². The lowest BCUT2D eigenvalue weighted by atomic mass is 10.1. The average Bonchev–Trinajstić information content (AvgIpc) is 3.77. The highest BCUT2D eigenvalue weighted by Crippen LogP contribution is 2.42. The highest BCUT2D eigenvalue weighted by atomic mass is 15.0. The predicted molar refractivity (Wildman–Crippen MR) is 214 cm³/mol. The summed E-state index contributed by atoms with van der Waals surface area (Å²) >= 11 is 0. The van der Waals surface area contributed by atoms with Gasteiger partial charge < -0.3 is 9.13 Å². The molecule has 0 amide bonds. The summed E-state index contributed by atoms with van der Waals surface area (Å²) in [5.41, 5.74) is 9.24. The molecule has 0 radical (unpaired) electrons. The third-order valence-corrected chi connectivity index (χ3v) is 10.0. The molecule has 0 N–H and O–H groups in total. The molecular weight excluding hydrogens is 663 g/mol. The Kier molecular flexibility index (Phi) is 7.11. The fraction of sp³-hybridized carbons (Fsp3) is 0. The van der Waals surface area contributed by atoms with Gasteiger partial charge in [-0.15, -0.1) is 0 Å². The molecule has 3 heterocycles. The second-order valence-electron chi connectivity index (χ2n) is 13.1. The molecule has 0 aliphatic carbocycles. The summed E-state index contributed by atoms with van der Waals surface area (Å²) in [4.78, 5) is 14.7. The van der Waals surface area contributed by atoms with Gasteiger partial charge in [0.25, 0.3) is 0 Å². The molecule has 0 saturated heterocycles. The van der Waals surface area contributed by atoms with Crippen molar-refractivity contribution in [2.24, 2.45) is 0 Å². The first-order valence-corrected chi connectivity index (χ1v) is 17.6. The molecule has 0 bridgehead atoms. The Morgan fingerprint density at radius 3 is 1.70 bits per heavy atom. The largest absolute Gasteiger partial charge is 0.309 e. The topological polar surface area (TPSA) is 96.1 Å². The molecule has 3 aromatic heterocycles. The fourth-order valence-electron chi connectivity index (χ4n) is 7.65.